The minimum Gasteiger partial charge on any atom is -0.298 e. The molecule has 0 atom stereocenters. The first-order valence-electron chi connectivity index (χ1n) is 9.14. The van der Waals surface area contributed by atoms with Crippen molar-refractivity contribution in [2.24, 2.45) is 0 Å². The molecule has 0 unspecified atom stereocenters. The van der Waals surface area contributed by atoms with Gasteiger partial charge in [0.25, 0.3) is 0 Å². The van der Waals surface area contributed by atoms with E-state index in [9.17, 15) is 4.39 Å². The molecular weight excluding hydrogens is 424 g/mol. The van der Waals surface area contributed by atoms with Gasteiger partial charge in [-0.3, -0.25) is 4.57 Å². The Morgan fingerprint density at radius 2 is 1.80 bits per heavy atom. The molecule has 5 nitrogen and oxygen atoms in total. The van der Waals surface area contributed by atoms with Gasteiger partial charge in [0.1, 0.15) is 18.1 Å². The molecule has 5 aromatic rings. The molecule has 30 heavy (non-hydrogen) atoms. The van der Waals surface area contributed by atoms with Crippen molar-refractivity contribution in [3.8, 4) is 28.5 Å². The fraction of sp³-hybridized carbons (Fsp3) is 0.0455. The predicted molar refractivity (Wildman–Crippen MR) is 116 cm³/mol. The van der Waals surface area contributed by atoms with E-state index in [0.717, 1.165) is 5.69 Å². The van der Waals surface area contributed by atoms with Gasteiger partial charge in [0.2, 0.25) is 0 Å². The molecule has 0 aliphatic heterocycles. The van der Waals surface area contributed by atoms with Crippen molar-refractivity contribution in [2.45, 2.75) is 6.67 Å². The van der Waals surface area contributed by atoms with E-state index in [2.05, 4.69) is 10.1 Å². The van der Waals surface area contributed by atoms with Crippen LogP contribution in [0.1, 0.15) is 5.56 Å². The molecule has 0 fully saturated rings. The quantitative estimate of drug-likeness (QED) is 0.345. The Hall–Kier alpha value is -3.22. The molecular formula is C22H14Cl2FN5. The normalized spacial score (nSPS) is 11.3. The van der Waals surface area contributed by atoms with E-state index in [4.69, 9.17) is 28.2 Å². The molecule has 3 aromatic heterocycles. The number of halogens is 3. The smallest absolute Gasteiger partial charge is 0.165 e. The third-order valence-electron chi connectivity index (χ3n) is 4.80. The molecule has 0 aliphatic carbocycles. The van der Waals surface area contributed by atoms with Crippen LogP contribution >= 0.6 is 23.2 Å². The van der Waals surface area contributed by atoms with Crippen LogP contribution in [0.5, 0.6) is 0 Å². The largest absolute Gasteiger partial charge is 0.298 e. The van der Waals surface area contributed by atoms with Crippen LogP contribution < -0.4 is 0 Å². The van der Waals surface area contributed by atoms with Crippen molar-refractivity contribution in [3.63, 3.8) is 0 Å². The molecule has 3 heterocycles. The Balaban J connectivity index is 1.78. The van der Waals surface area contributed by atoms with Gasteiger partial charge in [-0.25, -0.2) is 18.9 Å². The lowest BCUT2D eigenvalue weighted by atomic mass is 10.1. The van der Waals surface area contributed by atoms with E-state index in [0.29, 0.717) is 44.0 Å². The highest BCUT2D eigenvalue weighted by Gasteiger charge is 2.23. The van der Waals surface area contributed by atoms with Crippen LogP contribution in [0.15, 0.2) is 73.2 Å². The zero-order valence-electron chi connectivity index (χ0n) is 15.5. The standard InChI is InChI=1S/C22H14Cl2FN5/c23-15-5-8-18(24)17(12-15)20-21(30-19(28-20)2-1-9-27-30)22-26-10-11-29(22)16-6-3-14(13-25)4-7-16/h1-12H,13H2. The number of aromatic nitrogens is 5. The van der Waals surface area contributed by atoms with Crippen molar-refractivity contribution in [2.75, 3.05) is 0 Å². The third-order valence-corrected chi connectivity index (χ3v) is 5.36. The molecule has 0 saturated carbocycles. The number of fused-ring (bicyclic) bond motifs is 1. The number of hydrogen-bond acceptors (Lipinski definition) is 3. The SMILES string of the molecule is FCc1ccc(-n2ccnc2-c2c(-c3cc(Cl)ccc3Cl)nc3cccnn23)cc1. The van der Waals surface area contributed by atoms with Gasteiger partial charge < -0.3 is 0 Å². The molecule has 0 bridgehead atoms. The number of nitrogens with zero attached hydrogens (tertiary/aromatic N) is 5. The van der Waals surface area contributed by atoms with Crippen LogP contribution in [0, 0.1) is 0 Å². The highest BCUT2D eigenvalue weighted by atomic mass is 35.5. The van der Waals surface area contributed by atoms with Gasteiger partial charge in [0, 0.05) is 34.9 Å². The summed E-state index contributed by atoms with van der Waals surface area (Å²) >= 11 is 12.7. The summed E-state index contributed by atoms with van der Waals surface area (Å²) in [7, 11) is 0. The van der Waals surface area contributed by atoms with Gasteiger partial charge in [0.05, 0.1) is 5.02 Å². The Labute approximate surface area is 181 Å². The predicted octanol–water partition coefficient (Wildman–Crippen LogP) is 6.03. The topological polar surface area (TPSA) is 48.0 Å². The Kier molecular flexibility index (Phi) is 4.73. The Morgan fingerprint density at radius 3 is 2.60 bits per heavy atom. The van der Waals surface area contributed by atoms with E-state index < -0.39 is 6.67 Å². The van der Waals surface area contributed by atoms with Crippen molar-refractivity contribution in [3.05, 3.63) is 88.8 Å². The number of benzene rings is 2. The first-order valence-corrected chi connectivity index (χ1v) is 9.89. The van der Waals surface area contributed by atoms with Crippen LogP contribution in [0.2, 0.25) is 10.0 Å². The fourth-order valence-electron chi connectivity index (χ4n) is 3.39. The summed E-state index contributed by atoms with van der Waals surface area (Å²) in [5.74, 6) is 0.625. The number of hydrogen-bond donors (Lipinski definition) is 0. The van der Waals surface area contributed by atoms with Gasteiger partial charge in [0.15, 0.2) is 11.5 Å². The molecule has 0 aliphatic rings. The molecule has 148 valence electrons. The maximum absolute atomic E-state index is 12.9. The van der Waals surface area contributed by atoms with E-state index in [1.807, 2.05) is 35.0 Å². The van der Waals surface area contributed by atoms with Gasteiger partial charge in [-0.15, -0.1) is 0 Å². The lowest BCUT2D eigenvalue weighted by molar-refractivity contribution is 0.485. The van der Waals surface area contributed by atoms with E-state index in [-0.39, 0.29) is 0 Å². The minimum atomic E-state index is -0.508. The van der Waals surface area contributed by atoms with Crippen LogP contribution in [-0.2, 0) is 6.67 Å². The number of alkyl halides is 1. The maximum atomic E-state index is 12.9. The maximum Gasteiger partial charge on any atom is 0.165 e. The van der Waals surface area contributed by atoms with Gasteiger partial charge in [-0.05, 0) is 48.0 Å². The molecule has 0 saturated heterocycles. The molecule has 0 N–H and O–H groups in total. The van der Waals surface area contributed by atoms with E-state index in [1.54, 1.807) is 47.2 Å². The molecule has 2 aromatic carbocycles. The second-order valence-electron chi connectivity index (χ2n) is 6.65. The summed E-state index contributed by atoms with van der Waals surface area (Å²) in [6, 6.07) is 16.1. The summed E-state index contributed by atoms with van der Waals surface area (Å²) < 4.78 is 16.6. The van der Waals surface area contributed by atoms with Crippen LogP contribution in [0.25, 0.3) is 34.1 Å². The zero-order valence-corrected chi connectivity index (χ0v) is 17.0. The van der Waals surface area contributed by atoms with E-state index >= 15 is 0 Å². The average Bonchev–Trinajstić information content (AvgIpc) is 3.39. The molecule has 5 rings (SSSR count). The van der Waals surface area contributed by atoms with Crippen molar-refractivity contribution in [1.29, 1.82) is 0 Å². The fourth-order valence-corrected chi connectivity index (χ4v) is 3.77. The summed E-state index contributed by atoms with van der Waals surface area (Å²) in [5.41, 5.74) is 4.09. The average molecular weight is 438 g/mol. The molecule has 8 heteroatoms. The van der Waals surface area contributed by atoms with Gasteiger partial charge in [-0.1, -0.05) is 35.3 Å². The lowest BCUT2D eigenvalue weighted by Crippen LogP contribution is -2.02. The zero-order chi connectivity index (χ0) is 20.7. The van der Waals surface area contributed by atoms with Crippen molar-refractivity contribution >= 4 is 28.8 Å². The van der Waals surface area contributed by atoms with Crippen LogP contribution in [0.4, 0.5) is 4.39 Å². The third kappa shape index (κ3) is 3.14. The summed E-state index contributed by atoms with van der Waals surface area (Å²) in [6.45, 7) is -0.508. The number of imidazole rings is 2. The number of rotatable bonds is 4. The highest BCUT2D eigenvalue weighted by molar-refractivity contribution is 6.35. The molecule has 0 radical (unpaired) electrons. The van der Waals surface area contributed by atoms with Crippen molar-refractivity contribution < 1.29 is 4.39 Å². The van der Waals surface area contributed by atoms with Gasteiger partial charge >= 0.3 is 0 Å². The first kappa shape index (κ1) is 18.8. The second-order valence-corrected chi connectivity index (χ2v) is 7.49. The van der Waals surface area contributed by atoms with Crippen LogP contribution in [-0.4, -0.2) is 24.1 Å². The second kappa shape index (κ2) is 7.55. The summed E-state index contributed by atoms with van der Waals surface area (Å²) in [5, 5.41) is 5.55. The highest BCUT2D eigenvalue weighted by Crippen LogP contribution is 2.37. The monoisotopic (exact) mass is 437 g/mol. The molecule has 0 amide bonds. The Bertz CT molecular complexity index is 1360. The Morgan fingerprint density at radius 1 is 0.967 bits per heavy atom. The molecule has 0 spiro atoms. The van der Waals surface area contributed by atoms with Crippen molar-refractivity contribution in [1.82, 2.24) is 24.1 Å². The van der Waals surface area contributed by atoms with Crippen LogP contribution in [0.3, 0.4) is 0 Å². The minimum absolute atomic E-state index is 0.508. The summed E-state index contributed by atoms with van der Waals surface area (Å²) in [4.78, 5) is 9.34. The van der Waals surface area contributed by atoms with Gasteiger partial charge in [-0.2, -0.15) is 5.10 Å². The summed E-state index contributed by atoms with van der Waals surface area (Å²) in [6.07, 6.45) is 5.22. The first-order chi connectivity index (χ1) is 14.7. The lowest BCUT2D eigenvalue weighted by Gasteiger charge is -2.10. The van der Waals surface area contributed by atoms with E-state index in [1.165, 1.54) is 0 Å².